The number of aldehydes is 1. The van der Waals surface area contributed by atoms with E-state index >= 15 is 0 Å². The number of carbonyl (C=O) groups is 1. The van der Waals surface area contributed by atoms with Gasteiger partial charge in [-0.3, -0.25) is 4.79 Å². The van der Waals surface area contributed by atoms with Crippen LogP contribution in [0.1, 0.15) is 10.6 Å². The summed E-state index contributed by atoms with van der Waals surface area (Å²) in [7, 11) is 1.45. The molecule has 0 fully saturated rings. The number of hydrogen-bond acceptors (Lipinski definition) is 3. The van der Waals surface area contributed by atoms with Crippen molar-refractivity contribution in [2.24, 2.45) is 0 Å². The van der Waals surface area contributed by atoms with Crippen molar-refractivity contribution >= 4 is 6.29 Å². The summed E-state index contributed by atoms with van der Waals surface area (Å²) in [5.74, 6) is 0.676. The number of furan rings is 1. The topological polar surface area (TPSA) is 39.4 Å². The molecule has 0 atom stereocenters. The van der Waals surface area contributed by atoms with Gasteiger partial charge in [0, 0.05) is 6.07 Å². The predicted molar refractivity (Wildman–Crippen MR) is 56.0 cm³/mol. The molecule has 0 amide bonds. The molecule has 0 spiro atoms. The Balaban J connectivity index is 2.50. The van der Waals surface area contributed by atoms with Crippen LogP contribution in [0.25, 0.3) is 11.3 Å². The molecule has 2 aromatic rings. The van der Waals surface area contributed by atoms with E-state index in [4.69, 9.17) is 9.15 Å². The molecular formula is C12H9FO3. The van der Waals surface area contributed by atoms with Crippen LogP contribution in [0.5, 0.6) is 5.75 Å². The number of ether oxygens (including phenoxy) is 1. The number of benzene rings is 1. The van der Waals surface area contributed by atoms with Gasteiger partial charge < -0.3 is 9.15 Å². The predicted octanol–water partition coefficient (Wildman–Crippen LogP) is 2.91. The average Bonchev–Trinajstić information content (AvgIpc) is 2.77. The lowest BCUT2D eigenvalue weighted by molar-refractivity contribution is 0.110. The molecular weight excluding hydrogens is 211 g/mol. The van der Waals surface area contributed by atoms with Gasteiger partial charge in [-0.1, -0.05) is 0 Å². The standard InChI is InChI=1S/C12H9FO3/c1-15-12-6-8(13)2-4-10(12)11-5-3-9(7-14)16-11/h2-7H,1H3. The van der Waals surface area contributed by atoms with E-state index in [0.29, 0.717) is 23.4 Å². The van der Waals surface area contributed by atoms with E-state index in [0.717, 1.165) is 0 Å². The lowest BCUT2D eigenvalue weighted by Crippen LogP contribution is -1.88. The first-order valence-corrected chi connectivity index (χ1v) is 4.63. The van der Waals surface area contributed by atoms with Crippen molar-refractivity contribution in [1.82, 2.24) is 0 Å². The van der Waals surface area contributed by atoms with Gasteiger partial charge in [0.05, 0.1) is 12.7 Å². The summed E-state index contributed by atoms with van der Waals surface area (Å²) in [6, 6.07) is 7.30. The summed E-state index contributed by atoms with van der Waals surface area (Å²) in [6.45, 7) is 0. The van der Waals surface area contributed by atoms with Gasteiger partial charge in [0.15, 0.2) is 12.0 Å². The molecule has 0 unspecified atom stereocenters. The Morgan fingerprint density at radius 3 is 2.75 bits per heavy atom. The Bertz CT molecular complexity index is 517. The van der Waals surface area contributed by atoms with Crippen LogP contribution in [0, 0.1) is 5.82 Å². The molecule has 2 rings (SSSR count). The smallest absolute Gasteiger partial charge is 0.185 e. The minimum Gasteiger partial charge on any atom is -0.496 e. The van der Waals surface area contributed by atoms with E-state index in [1.54, 1.807) is 18.2 Å². The maximum atomic E-state index is 13.0. The third kappa shape index (κ3) is 1.82. The van der Waals surface area contributed by atoms with Crippen LogP contribution in [0.4, 0.5) is 4.39 Å². The van der Waals surface area contributed by atoms with Gasteiger partial charge >= 0.3 is 0 Å². The van der Waals surface area contributed by atoms with Crippen LogP contribution in [-0.4, -0.2) is 13.4 Å². The largest absolute Gasteiger partial charge is 0.496 e. The molecule has 0 N–H and O–H groups in total. The second kappa shape index (κ2) is 4.18. The zero-order chi connectivity index (χ0) is 11.5. The molecule has 4 heteroatoms. The van der Waals surface area contributed by atoms with Crippen LogP contribution in [0.15, 0.2) is 34.7 Å². The molecule has 1 aromatic carbocycles. The van der Waals surface area contributed by atoms with E-state index in [2.05, 4.69) is 0 Å². The summed E-state index contributed by atoms with van der Waals surface area (Å²) >= 11 is 0. The monoisotopic (exact) mass is 220 g/mol. The molecule has 16 heavy (non-hydrogen) atoms. The molecule has 0 aliphatic heterocycles. The van der Waals surface area contributed by atoms with Crippen LogP contribution >= 0.6 is 0 Å². The second-order valence-electron chi connectivity index (χ2n) is 3.16. The minimum absolute atomic E-state index is 0.223. The third-order valence-electron chi connectivity index (χ3n) is 2.17. The van der Waals surface area contributed by atoms with Gasteiger partial charge in [-0.25, -0.2) is 4.39 Å². The number of rotatable bonds is 3. The zero-order valence-electron chi connectivity index (χ0n) is 8.57. The summed E-state index contributed by atoms with van der Waals surface area (Å²) < 4.78 is 23.2. The fraction of sp³-hybridized carbons (Fsp3) is 0.0833. The van der Waals surface area contributed by atoms with E-state index in [9.17, 15) is 9.18 Å². The SMILES string of the molecule is COc1cc(F)ccc1-c1ccc(C=O)o1. The van der Waals surface area contributed by atoms with Crippen molar-refractivity contribution in [1.29, 1.82) is 0 Å². The lowest BCUT2D eigenvalue weighted by atomic mass is 10.1. The highest BCUT2D eigenvalue weighted by Gasteiger charge is 2.10. The summed E-state index contributed by atoms with van der Waals surface area (Å²) in [4.78, 5) is 10.5. The Morgan fingerprint density at radius 2 is 2.12 bits per heavy atom. The first kappa shape index (κ1) is 10.4. The molecule has 1 heterocycles. The van der Waals surface area contributed by atoms with Gasteiger partial charge in [-0.2, -0.15) is 0 Å². The molecule has 82 valence electrons. The van der Waals surface area contributed by atoms with Crippen molar-refractivity contribution in [3.63, 3.8) is 0 Å². The fourth-order valence-electron chi connectivity index (χ4n) is 1.43. The van der Waals surface area contributed by atoms with E-state index in [1.807, 2.05) is 0 Å². The number of hydrogen-bond donors (Lipinski definition) is 0. The first-order chi connectivity index (χ1) is 7.74. The third-order valence-corrected chi connectivity index (χ3v) is 2.17. The van der Waals surface area contributed by atoms with Crippen molar-refractivity contribution in [3.05, 3.63) is 41.9 Å². The van der Waals surface area contributed by atoms with Gasteiger partial charge in [-0.15, -0.1) is 0 Å². The molecule has 0 saturated heterocycles. The van der Waals surface area contributed by atoms with Gasteiger partial charge in [0.1, 0.15) is 17.3 Å². The highest BCUT2D eigenvalue weighted by atomic mass is 19.1. The second-order valence-corrected chi connectivity index (χ2v) is 3.16. The molecule has 3 nitrogen and oxygen atoms in total. The quantitative estimate of drug-likeness (QED) is 0.746. The van der Waals surface area contributed by atoms with Gasteiger partial charge in [-0.05, 0) is 24.3 Å². The van der Waals surface area contributed by atoms with E-state index in [1.165, 1.54) is 19.2 Å². The number of halogens is 1. The van der Waals surface area contributed by atoms with Crippen molar-refractivity contribution in [2.45, 2.75) is 0 Å². The maximum absolute atomic E-state index is 13.0. The van der Waals surface area contributed by atoms with Crippen molar-refractivity contribution in [2.75, 3.05) is 7.11 Å². The molecule has 0 saturated carbocycles. The van der Waals surface area contributed by atoms with Crippen LogP contribution in [-0.2, 0) is 0 Å². The molecule has 0 aliphatic carbocycles. The summed E-state index contributed by atoms with van der Waals surface area (Å²) in [5, 5.41) is 0. The van der Waals surface area contributed by atoms with Crippen LogP contribution < -0.4 is 4.74 Å². The maximum Gasteiger partial charge on any atom is 0.185 e. The normalized spacial score (nSPS) is 10.1. The van der Waals surface area contributed by atoms with E-state index in [-0.39, 0.29) is 11.6 Å². The highest BCUT2D eigenvalue weighted by Crippen LogP contribution is 2.31. The Labute approximate surface area is 91.5 Å². The molecule has 1 aromatic heterocycles. The van der Waals surface area contributed by atoms with Crippen LogP contribution in [0.3, 0.4) is 0 Å². The molecule has 0 bridgehead atoms. The molecule has 0 radical (unpaired) electrons. The number of carbonyl (C=O) groups excluding carboxylic acids is 1. The Morgan fingerprint density at radius 1 is 1.31 bits per heavy atom. The van der Waals surface area contributed by atoms with Crippen molar-refractivity contribution < 1.29 is 18.3 Å². The molecule has 0 aliphatic rings. The number of methoxy groups -OCH3 is 1. The van der Waals surface area contributed by atoms with Gasteiger partial charge in [0.25, 0.3) is 0 Å². The summed E-state index contributed by atoms with van der Waals surface area (Å²) in [5.41, 5.74) is 0.608. The van der Waals surface area contributed by atoms with Crippen molar-refractivity contribution in [3.8, 4) is 17.1 Å². The first-order valence-electron chi connectivity index (χ1n) is 4.63. The average molecular weight is 220 g/mol. The summed E-state index contributed by atoms with van der Waals surface area (Å²) in [6.07, 6.45) is 0.611. The zero-order valence-corrected chi connectivity index (χ0v) is 8.57. The highest BCUT2D eigenvalue weighted by molar-refractivity contribution is 5.74. The lowest BCUT2D eigenvalue weighted by Gasteiger charge is -2.05. The Hall–Kier alpha value is -2.10. The Kier molecular flexibility index (Phi) is 2.72. The van der Waals surface area contributed by atoms with Gasteiger partial charge in [0.2, 0.25) is 0 Å². The van der Waals surface area contributed by atoms with E-state index < -0.39 is 0 Å². The fourth-order valence-corrected chi connectivity index (χ4v) is 1.43. The minimum atomic E-state index is -0.386. The van der Waals surface area contributed by atoms with Crippen LogP contribution in [0.2, 0.25) is 0 Å².